The number of hydrogen-bond donors (Lipinski definition) is 3. The van der Waals surface area contributed by atoms with Crippen LogP contribution in [0.5, 0.6) is 0 Å². The molecule has 3 aromatic rings. The molecule has 1 saturated carbocycles. The number of nitrogens with one attached hydrogen (secondary N) is 2. The van der Waals surface area contributed by atoms with Crippen LogP contribution in [0.3, 0.4) is 0 Å². The second-order valence-electron chi connectivity index (χ2n) is 7.56. The molecule has 0 radical (unpaired) electrons. The fraction of sp³-hybridized carbons (Fsp3) is 0.174. The molecule has 9 heteroatoms. The summed E-state index contributed by atoms with van der Waals surface area (Å²) in [5, 5.41) is 29.8. The van der Waals surface area contributed by atoms with Gasteiger partial charge in [-0.25, -0.2) is 9.98 Å². The Labute approximate surface area is 185 Å². The van der Waals surface area contributed by atoms with E-state index in [9.17, 15) is 5.11 Å². The molecule has 5 rings (SSSR count). The first-order chi connectivity index (χ1) is 15.7. The fourth-order valence-electron chi connectivity index (χ4n) is 3.45. The first-order valence-corrected chi connectivity index (χ1v) is 10.3. The smallest absolute Gasteiger partial charge is 0.163 e. The minimum absolute atomic E-state index is 0.0300. The van der Waals surface area contributed by atoms with E-state index in [4.69, 9.17) is 10.4 Å². The number of fused-ring (bicyclic) bond motifs is 1. The van der Waals surface area contributed by atoms with E-state index >= 15 is 0 Å². The average Bonchev–Trinajstić information content (AvgIpc) is 3.44. The Balaban J connectivity index is 1.55. The van der Waals surface area contributed by atoms with Gasteiger partial charge in [0.15, 0.2) is 5.82 Å². The van der Waals surface area contributed by atoms with Crippen molar-refractivity contribution in [3.63, 3.8) is 0 Å². The number of amidine groups is 1. The molecule has 32 heavy (non-hydrogen) atoms. The van der Waals surface area contributed by atoms with Gasteiger partial charge in [0.25, 0.3) is 0 Å². The molecule has 9 nitrogen and oxygen atoms in total. The summed E-state index contributed by atoms with van der Waals surface area (Å²) in [6.07, 6.45) is 8.60. The number of aromatic nitrogens is 4. The Morgan fingerprint density at radius 1 is 1.22 bits per heavy atom. The third kappa shape index (κ3) is 3.81. The zero-order chi connectivity index (χ0) is 22.1. The average molecular weight is 426 g/mol. The van der Waals surface area contributed by atoms with Crippen molar-refractivity contribution >= 4 is 29.2 Å². The van der Waals surface area contributed by atoms with Gasteiger partial charge in [0.2, 0.25) is 0 Å². The Morgan fingerprint density at radius 2 is 2.03 bits per heavy atom. The van der Waals surface area contributed by atoms with Crippen molar-refractivity contribution in [3.8, 4) is 11.4 Å². The molecule has 0 bridgehead atoms. The third-order valence-electron chi connectivity index (χ3n) is 5.20. The van der Waals surface area contributed by atoms with Crippen LogP contribution in [0, 0.1) is 5.41 Å². The number of aliphatic hydroxyl groups excluding tert-OH is 1. The highest BCUT2D eigenvalue weighted by Gasteiger charge is 2.29. The van der Waals surface area contributed by atoms with Gasteiger partial charge < -0.3 is 10.4 Å². The van der Waals surface area contributed by atoms with E-state index in [-0.39, 0.29) is 12.4 Å². The summed E-state index contributed by atoms with van der Waals surface area (Å²) in [5.74, 6) is 1.41. The van der Waals surface area contributed by atoms with E-state index in [1.54, 1.807) is 17.1 Å². The largest absolute Gasteiger partial charge is 0.392 e. The van der Waals surface area contributed by atoms with E-state index in [1.807, 2.05) is 41.3 Å². The zero-order valence-corrected chi connectivity index (χ0v) is 17.3. The van der Waals surface area contributed by atoms with E-state index in [0.717, 1.165) is 41.2 Å². The lowest BCUT2D eigenvalue weighted by molar-refractivity contribution is 0.282. The molecule has 3 heterocycles. The van der Waals surface area contributed by atoms with Gasteiger partial charge >= 0.3 is 0 Å². The van der Waals surface area contributed by atoms with Crippen LogP contribution in [0.1, 0.15) is 24.4 Å². The molecule has 0 saturated heterocycles. The summed E-state index contributed by atoms with van der Waals surface area (Å²) in [6, 6.07) is 11.8. The number of rotatable bonds is 6. The van der Waals surface area contributed by atoms with Crippen LogP contribution in [0.25, 0.3) is 11.4 Å². The van der Waals surface area contributed by atoms with Gasteiger partial charge in [0.05, 0.1) is 30.2 Å². The number of pyridine rings is 1. The second kappa shape index (κ2) is 8.20. The number of aliphatic imine (C=N–C) groups is 1. The van der Waals surface area contributed by atoms with Crippen molar-refractivity contribution in [2.24, 2.45) is 4.99 Å². The molecule has 0 atom stereocenters. The highest BCUT2D eigenvalue weighted by atomic mass is 16.3. The Kier molecular flexibility index (Phi) is 5.08. The number of nitrogens with zero attached hydrogens (tertiary/aromatic N) is 6. The van der Waals surface area contributed by atoms with Crippen LogP contribution in [-0.4, -0.2) is 37.1 Å². The van der Waals surface area contributed by atoms with Crippen molar-refractivity contribution in [1.29, 1.82) is 5.41 Å². The van der Waals surface area contributed by atoms with Gasteiger partial charge in [-0.05, 0) is 42.7 Å². The van der Waals surface area contributed by atoms with Crippen molar-refractivity contribution < 1.29 is 5.11 Å². The molecule has 1 aromatic carbocycles. The van der Waals surface area contributed by atoms with Gasteiger partial charge in [-0.15, -0.1) is 0 Å². The van der Waals surface area contributed by atoms with Gasteiger partial charge in [0.1, 0.15) is 17.4 Å². The maximum Gasteiger partial charge on any atom is 0.163 e. The van der Waals surface area contributed by atoms with Gasteiger partial charge in [-0.1, -0.05) is 24.8 Å². The molecule has 1 aliphatic heterocycles. The first kappa shape index (κ1) is 19.8. The number of aliphatic hydroxyl groups is 1. The molecule has 1 fully saturated rings. The molecule has 1 aliphatic carbocycles. The lowest BCUT2D eigenvalue weighted by atomic mass is 10.2. The van der Waals surface area contributed by atoms with Crippen molar-refractivity contribution in [3.05, 3.63) is 72.7 Å². The van der Waals surface area contributed by atoms with Crippen LogP contribution in [-0.2, 0) is 6.61 Å². The monoisotopic (exact) mass is 426 g/mol. The van der Waals surface area contributed by atoms with E-state index in [2.05, 4.69) is 27.1 Å². The normalized spacial score (nSPS) is 16.4. The predicted molar refractivity (Wildman–Crippen MR) is 124 cm³/mol. The molecule has 160 valence electrons. The summed E-state index contributed by atoms with van der Waals surface area (Å²) >= 11 is 0. The number of benzene rings is 1. The van der Waals surface area contributed by atoms with Gasteiger partial charge in [-0.3, -0.25) is 10.3 Å². The van der Waals surface area contributed by atoms with Crippen LogP contribution in [0.15, 0.2) is 72.1 Å². The first-order valence-electron chi connectivity index (χ1n) is 10.3. The zero-order valence-electron chi connectivity index (χ0n) is 17.3. The molecular weight excluding hydrogens is 404 g/mol. The van der Waals surface area contributed by atoms with Gasteiger partial charge in [0, 0.05) is 18.0 Å². The topological polar surface area (TPSA) is 115 Å². The molecule has 2 aliphatic rings. The van der Waals surface area contributed by atoms with E-state index < -0.39 is 0 Å². The van der Waals surface area contributed by atoms with Crippen molar-refractivity contribution in [2.75, 3.05) is 10.2 Å². The highest BCUT2D eigenvalue weighted by molar-refractivity contribution is 6.00. The summed E-state index contributed by atoms with van der Waals surface area (Å²) in [4.78, 5) is 12.6. The Morgan fingerprint density at radius 3 is 2.75 bits per heavy atom. The SMILES string of the molecule is C=CC=NC(=N)C=C1Nc2ccc(-c3cnn(C4CC4)n3)nc2N1c1ccc(CO)cc1. The van der Waals surface area contributed by atoms with Crippen LogP contribution in [0.4, 0.5) is 17.2 Å². The molecule has 0 unspecified atom stereocenters. The number of hydrogen-bond acceptors (Lipinski definition) is 7. The Hall–Kier alpha value is -4.11. The minimum Gasteiger partial charge on any atom is -0.392 e. The molecule has 3 N–H and O–H groups in total. The third-order valence-corrected chi connectivity index (χ3v) is 5.20. The number of anilines is 3. The van der Waals surface area contributed by atoms with Crippen LogP contribution in [0.2, 0.25) is 0 Å². The Bertz CT molecular complexity index is 1240. The number of allylic oxidation sites excluding steroid dienone is 1. The maximum atomic E-state index is 9.40. The second-order valence-corrected chi connectivity index (χ2v) is 7.56. The van der Waals surface area contributed by atoms with Crippen molar-refractivity contribution in [2.45, 2.75) is 25.5 Å². The lowest BCUT2D eigenvalue weighted by Crippen LogP contribution is -2.16. The van der Waals surface area contributed by atoms with Crippen molar-refractivity contribution in [1.82, 2.24) is 20.0 Å². The molecule has 0 spiro atoms. The van der Waals surface area contributed by atoms with E-state index in [0.29, 0.717) is 17.7 Å². The maximum absolute atomic E-state index is 9.40. The highest BCUT2D eigenvalue weighted by Crippen LogP contribution is 2.41. The summed E-state index contributed by atoms with van der Waals surface area (Å²) < 4.78 is 0. The fourth-order valence-corrected chi connectivity index (χ4v) is 3.45. The molecule has 2 aromatic heterocycles. The van der Waals surface area contributed by atoms with Gasteiger partial charge in [-0.2, -0.15) is 15.0 Å². The predicted octanol–water partition coefficient (Wildman–Crippen LogP) is 3.81. The van der Waals surface area contributed by atoms with Crippen LogP contribution >= 0.6 is 0 Å². The van der Waals surface area contributed by atoms with E-state index in [1.165, 1.54) is 12.3 Å². The molecular formula is C23H22N8O. The summed E-state index contributed by atoms with van der Waals surface area (Å²) in [5.41, 5.74) is 3.90. The van der Waals surface area contributed by atoms with Crippen LogP contribution < -0.4 is 10.2 Å². The standard InChI is InChI=1S/C23H22N8O/c1-2-11-25-21(24)12-22-27-19-10-9-18(20-13-26-31(29-20)17-7-8-17)28-23(19)30(22)16-5-3-15(14-32)4-6-16/h2-6,9-13,17,24,27,32H,1,7-8,14H2. The summed E-state index contributed by atoms with van der Waals surface area (Å²) in [6.45, 7) is 3.56. The summed E-state index contributed by atoms with van der Waals surface area (Å²) in [7, 11) is 0. The molecule has 0 amide bonds. The quantitative estimate of drug-likeness (QED) is 0.408. The lowest BCUT2D eigenvalue weighted by Gasteiger charge is -2.20. The minimum atomic E-state index is -0.0300.